The number of phenols is 1. The number of hydrazine groups is 1. The van der Waals surface area contributed by atoms with Crippen LogP contribution in [0.4, 0.5) is 0 Å². The van der Waals surface area contributed by atoms with Gasteiger partial charge in [0.1, 0.15) is 5.75 Å². The second-order valence-corrected chi connectivity index (χ2v) is 2.67. The number of carbonyl (C=O) groups is 1. The molecule has 0 atom stereocenters. The highest BCUT2D eigenvalue weighted by Crippen LogP contribution is 2.16. The summed E-state index contributed by atoms with van der Waals surface area (Å²) in [4.78, 5) is 11.2. The molecule has 0 saturated heterocycles. The molecular weight excluding hydrogens is 168 g/mol. The molecule has 13 heavy (non-hydrogen) atoms. The maximum atomic E-state index is 11.2. The van der Waals surface area contributed by atoms with Gasteiger partial charge in [-0.1, -0.05) is 6.92 Å². The van der Waals surface area contributed by atoms with E-state index in [1.807, 2.05) is 6.92 Å². The van der Waals surface area contributed by atoms with Crippen molar-refractivity contribution in [3.05, 3.63) is 29.3 Å². The summed E-state index contributed by atoms with van der Waals surface area (Å²) in [5.41, 5.74) is 3.34. The molecule has 1 aromatic rings. The van der Waals surface area contributed by atoms with Gasteiger partial charge in [0.15, 0.2) is 0 Å². The van der Waals surface area contributed by atoms with E-state index in [0.29, 0.717) is 12.0 Å². The van der Waals surface area contributed by atoms with Crippen LogP contribution < -0.4 is 11.3 Å². The minimum absolute atomic E-state index is 0.158. The lowest BCUT2D eigenvalue weighted by atomic mass is 10.0. The van der Waals surface area contributed by atoms with E-state index in [-0.39, 0.29) is 11.7 Å². The Hall–Kier alpha value is -1.55. The number of hydrogen-bond donors (Lipinski definition) is 3. The molecule has 0 spiro atoms. The lowest BCUT2D eigenvalue weighted by molar-refractivity contribution is 0.0953. The second kappa shape index (κ2) is 3.91. The Bertz CT molecular complexity index is 323. The van der Waals surface area contributed by atoms with Crippen molar-refractivity contribution in [2.24, 2.45) is 5.84 Å². The van der Waals surface area contributed by atoms with Gasteiger partial charge in [0, 0.05) is 5.56 Å². The van der Waals surface area contributed by atoms with E-state index in [2.05, 4.69) is 5.43 Å². The Labute approximate surface area is 76.3 Å². The molecule has 0 unspecified atom stereocenters. The summed E-state index contributed by atoms with van der Waals surface area (Å²) in [7, 11) is 0. The van der Waals surface area contributed by atoms with Crippen LogP contribution in [-0.4, -0.2) is 11.0 Å². The largest absolute Gasteiger partial charge is 0.508 e. The number of aromatic hydroxyl groups is 1. The zero-order valence-corrected chi connectivity index (χ0v) is 7.37. The van der Waals surface area contributed by atoms with Crippen molar-refractivity contribution in [3.8, 4) is 5.75 Å². The maximum Gasteiger partial charge on any atom is 0.265 e. The Balaban J connectivity index is 3.13. The minimum Gasteiger partial charge on any atom is -0.508 e. The first kappa shape index (κ1) is 9.54. The van der Waals surface area contributed by atoms with Gasteiger partial charge in [-0.15, -0.1) is 0 Å². The zero-order valence-electron chi connectivity index (χ0n) is 7.37. The normalized spacial score (nSPS) is 9.69. The predicted octanol–water partition coefficient (Wildman–Crippen LogP) is 0.558. The Morgan fingerprint density at radius 1 is 1.62 bits per heavy atom. The molecule has 0 heterocycles. The highest BCUT2D eigenvalue weighted by molar-refractivity contribution is 5.95. The molecule has 4 heteroatoms. The molecule has 1 aromatic carbocycles. The molecule has 70 valence electrons. The summed E-state index contributed by atoms with van der Waals surface area (Å²) in [6, 6.07) is 4.57. The summed E-state index contributed by atoms with van der Waals surface area (Å²) in [6.07, 6.45) is 0.678. The average molecular weight is 180 g/mol. The first-order chi connectivity index (χ1) is 6.19. The van der Waals surface area contributed by atoms with Gasteiger partial charge >= 0.3 is 0 Å². The molecule has 0 aliphatic carbocycles. The van der Waals surface area contributed by atoms with Crippen molar-refractivity contribution < 1.29 is 9.90 Å². The molecule has 0 radical (unpaired) electrons. The van der Waals surface area contributed by atoms with E-state index in [9.17, 15) is 4.79 Å². The van der Waals surface area contributed by atoms with Gasteiger partial charge in [0.2, 0.25) is 0 Å². The summed E-state index contributed by atoms with van der Waals surface area (Å²) in [6.45, 7) is 1.90. The summed E-state index contributed by atoms with van der Waals surface area (Å²) in [5.74, 6) is 4.83. The van der Waals surface area contributed by atoms with Crippen molar-refractivity contribution in [2.45, 2.75) is 13.3 Å². The number of phenolic OH excluding ortho intramolecular Hbond substituents is 1. The average Bonchev–Trinajstić information content (AvgIpc) is 2.16. The van der Waals surface area contributed by atoms with Gasteiger partial charge in [-0.05, 0) is 30.2 Å². The van der Waals surface area contributed by atoms with Crippen LogP contribution in [0.5, 0.6) is 5.75 Å². The molecule has 0 fully saturated rings. The lowest BCUT2D eigenvalue weighted by Crippen LogP contribution is -2.30. The summed E-state index contributed by atoms with van der Waals surface area (Å²) in [5, 5.41) is 9.16. The number of nitrogen functional groups attached to an aromatic ring is 1. The van der Waals surface area contributed by atoms with Crippen LogP contribution in [0.15, 0.2) is 18.2 Å². The maximum absolute atomic E-state index is 11.2. The molecule has 4 N–H and O–H groups in total. The highest BCUT2D eigenvalue weighted by atomic mass is 16.3. The third-order valence-corrected chi connectivity index (χ3v) is 1.85. The van der Waals surface area contributed by atoms with E-state index in [4.69, 9.17) is 10.9 Å². The number of nitrogens with two attached hydrogens (primary N) is 1. The molecule has 0 bridgehead atoms. The van der Waals surface area contributed by atoms with Crippen molar-refractivity contribution >= 4 is 5.91 Å². The molecule has 0 saturated carbocycles. The Morgan fingerprint density at radius 2 is 2.31 bits per heavy atom. The van der Waals surface area contributed by atoms with Gasteiger partial charge in [-0.3, -0.25) is 10.2 Å². The topological polar surface area (TPSA) is 75.3 Å². The number of nitrogens with one attached hydrogen (secondary N) is 1. The van der Waals surface area contributed by atoms with Crippen LogP contribution in [0.1, 0.15) is 22.8 Å². The molecule has 0 aliphatic rings. The van der Waals surface area contributed by atoms with Gasteiger partial charge < -0.3 is 5.11 Å². The fourth-order valence-corrected chi connectivity index (χ4v) is 1.17. The first-order valence-electron chi connectivity index (χ1n) is 4.02. The van der Waals surface area contributed by atoms with Crippen LogP contribution in [0, 0.1) is 0 Å². The van der Waals surface area contributed by atoms with E-state index >= 15 is 0 Å². The van der Waals surface area contributed by atoms with Crippen molar-refractivity contribution in [1.82, 2.24) is 5.43 Å². The lowest BCUT2D eigenvalue weighted by Gasteiger charge is -2.06. The van der Waals surface area contributed by atoms with Gasteiger partial charge in [0.05, 0.1) is 0 Å². The van der Waals surface area contributed by atoms with Crippen molar-refractivity contribution in [1.29, 1.82) is 0 Å². The highest BCUT2D eigenvalue weighted by Gasteiger charge is 2.08. The fraction of sp³-hybridized carbons (Fsp3) is 0.222. The Morgan fingerprint density at radius 3 is 2.85 bits per heavy atom. The number of rotatable bonds is 2. The number of aryl methyl sites for hydroxylation is 1. The smallest absolute Gasteiger partial charge is 0.265 e. The summed E-state index contributed by atoms with van der Waals surface area (Å²) < 4.78 is 0. The minimum atomic E-state index is -0.336. The van der Waals surface area contributed by atoms with Gasteiger partial charge in [0.25, 0.3) is 5.91 Å². The van der Waals surface area contributed by atoms with Gasteiger partial charge in [-0.25, -0.2) is 5.84 Å². The fourth-order valence-electron chi connectivity index (χ4n) is 1.17. The standard InChI is InChI=1S/C9H12N2O2/c1-2-6-5-7(12)3-4-8(6)9(13)11-10/h3-5,12H,2,10H2,1H3,(H,11,13). The van der Waals surface area contributed by atoms with Crippen LogP contribution in [0.3, 0.4) is 0 Å². The van der Waals surface area contributed by atoms with Crippen LogP contribution in [-0.2, 0) is 6.42 Å². The van der Waals surface area contributed by atoms with Crippen LogP contribution >= 0.6 is 0 Å². The zero-order chi connectivity index (χ0) is 9.84. The summed E-state index contributed by atoms with van der Waals surface area (Å²) >= 11 is 0. The van der Waals surface area contributed by atoms with Crippen molar-refractivity contribution in [3.63, 3.8) is 0 Å². The van der Waals surface area contributed by atoms with E-state index < -0.39 is 0 Å². The van der Waals surface area contributed by atoms with Crippen molar-refractivity contribution in [2.75, 3.05) is 0 Å². The number of benzene rings is 1. The quantitative estimate of drug-likeness (QED) is 0.353. The SMILES string of the molecule is CCc1cc(O)ccc1C(=O)NN. The molecule has 4 nitrogen and oxygen atoms in total. The van der Waals surface area contributed by atoms with E-state index in [0.717, 1.165) is 5.56 Å². The van der Waals surface area contributed by atoms with Crippen LogP contribution in [0.2, 0.25) is 0 Å². The predicted molar refractivity (Wildman–Crippen MR) is 49.1 cm³/mol. The molecule has 0 aromatic heterocycles. The Kier molecular flexibility index (Phi) is 2.87. The van der Waals surface area contributed by atoms with E-state index in [1.54, 1.807) is 12.1 Å². The van der Waals surface area contributed by atoms with Gasteiger partial charge in [-0.2, -0.15) is 0 Å². The van der Waals surface area contributed by atoms with E-state index in [1.165, 1.54) is 6.07 Å². The molecular formula is C9H12N2O2. The molecule has 1 amide bonds. The monoisotopic (exact) mass is 180 g/mol. The number of amides is 1. The first-order valence-corrected chi connectivity index (χ1v) is 4.02. The molecule has 0 aliphatic heterocycles. The molecule has 1 rings (SSSR count). The number of hydrogen-bond acceptors (Lipinski definition) is 3. The third-order valence-electron chi connectivity index (χ3n) is 1.85. The second-order valence-electron chi connectivity index (χ2n) is 2.67. The van der Waals surface area contributed by atoms with Crippen LogP contribution in [0.25, 0.3) is 0 Å². The third kappa shape index (κ3) is 1.97. The number of carbonyl (C=O) groups excluding carboxylic acids is 1.